The van der Waals surface area contributed by atoms with Crippen molar-refractivity contribution in [2.75, 3.05) is 25.0 Å². The first-order valence-electron chi connectivity index (χ1n) is 11.2. The van der Waals surface area contributed by atoms with Crippen LogP contribution in [0.25, 0.3) is 11.1 Å². The van der Waals surface area contributed by atoms with Crippen LogP contribution in [-0.4, -0.2) is 54.5 Å². The first kappa shape index (κ1) is 22.5. The van der Waals surface area contributed by atoms with E-state index in [2.05, 4.69) is 10.6 Å². The van der Waals surface area contributed by atoms with Gasteiger partial charge in [0.2, 0.25) is 11.8 Å². The van der Waals surface area contributed by atoms with Crippen molar-refractivity contribution in [3.05, 3.63) is 40.8 Å². The van der Waals surface area contributed by atoms with Gasteiger partial charge in [0.1, 0.15) is 10.6 Å². The summed E-state index contributed by atoms with van der Waals surface area (Å²) in [5, 5.41) is 6.46. The fourth-order valence-corrected chi connectivity index (χ4v) is 5.25. The van der Waals surface area contributed by atoms with Gasteiger partial charge in [-0.2, -0.15) is 0 Å². The van der Waals surface area contributed by atoms with Crippen LogP contribution in [0.1, 0.15) is 47.8 Å². The average Bonchev–Trinajstić information content (AvgIpc) is 3.35. The molecule has 2 amide bonds. The van der Waals surface area contributed by atoms with Crippen LogP contribution in [0.4, 0.5) is 5.00 Å². The Morgan fingerprint density at radius 3 is 2.59 bits per heavy atom. The number of anilines is 1. The molecule has 0 unspecified atom stereocenters. The van der Waals surface area contributed by atoms with E-state index in [1.54, 1.807) is 6.92 Å². The number of hydrogen-bond acceptors (Lipinski definition) is 6. The minimum absolute atomic E-state index is 0.0170. The van der Waals surface area contributed by atoms with Gasteiger partial charge < -0.3 is 15.4 Å². The molecular formula is C24H29N3O4S. The summed E-state index contributed by atoms with van der Waals surface area (Å²) in [6.45, 7) is 4.77. The van der Waals surface area contributed by atoms with Gasteiger partial charge in [-0.3, -0.25) is 14.5 Å². The first-order chi connectivity index (χ1) is 15.5. The number of amides is 2. The normalized spacial score (nSPS) is 18.4. The molecule has 2 heterocycles. The summed E-state index contributed by atoms with van der Waals surface area (Å²) in [4.78, 5) is 41.1. The van der Waals surface area contributed by atoms with Crippen LogP contribution < -0.4 is 10.6 Å². The molecule has 1 saturated carbocycles. The molecule has 7 nitrogen and oxygen atoms in total. The highest BCUT2D eigenvalue weighted by molar-refractivity contribution is 7.17. The Morgan fingerprint density at radius 2 is 1.91 bits per heavy atom. The van der Waals surface area contributed by atoms with Crippen molar-refractivity contribution < 1.29 is 19.1 Å². The van der Waals surface area contributed by atoms with Crippen molar-refractivity contribution in [2.45, 2.75) is 51.6 Å². The third kappa shape index (κ3) is 5.02. The van der Waals surface area contributed by atoms with Gasteiger partial charge in [0.15, 0.2) is 0 Å². The average molecular weight is 456 g/mol. The number of rotatable bonds is 8. The van der Waals surface area contributed by atoms with E-state index in [1.807, 2.05) is 42.2 Å². The van der Waals surface area contributed by atoms with Gasteiger partial charge in [-0.15, -0.1) is 11.3 Å². The van der Waals surface area contributed by atoms with Gasteiger partial charge in [0, 0.05) is 16.5 Å². The molecule has 2 aromatic rings. The molecule has 2 fully saturated rings. The molecule has 32 heavy (non-hydrogen) atoms. The van der Waals surface area contributed by atoms with E-state index in [0.717, 1.165) is 41.7 Å². The highest BCUT2D eigenvalue weighted by Crippen LogP contribution is 2.40. The van der Waals surface area contributed by atoms with E-state index >= 15 is 0 Å². The number of carbonyl (C=O) groups excluding carboxylic acids is 3. The van der Waals surface area contributed by atoms with Gasteiger partial charge in [-0.25, -0.2) is 4.79 Å². The lowest BCUT2D eigenvalue weighted by Gasteiger charge is -2.23. The molecule has 1 aliphatic carbocycles. The lowest BCUT2D eigenvalue weighted by atomic mass is 10.0. The number of likely N-dealkylation sites (tertiary alicyclic amines) is 1. The Morgan fingerprint density at radius 1 is 1.16 bits per heavy atom. The maximum absolute atomic E-state index is 12.9. The molecule has 170 valence electrons. The number of nitrogens with one attached hydrogen (secondary N) is 2. The predicted molar refractivity (Wildman–Crippen MR) is 125 cm³/mol. The third-order valence-corrected chi connectivity index (χ3v) is 6.84. The second kappa shape index (κ2) is 9.83. The predicted octanol–water partition coefficient (Wildman–Crippen LogP) is 3.58. The summed E-state index contributed by atoms with van der Waals surface area (Å²) in [6, 6.07) is 9.67. The number of aryl methyl sites for hydroxylation is 1. The number of carbonyl (C=O) groups is 3. The van der Waals surface area contributed by atoms with Gasteiger partial charge in [-0.1, -0.05) is 30.3 Å². The molecule has 2 aliphatic rings. The van der Waals surface area contributed by atoms with E-state index in [-0.39, 0.29) is 31.0 Å². The smallest absolute Gasteiger partial charge is 0.341 e. The maximum atomic E-state index is 12.9. The molecule has 1 atom stereocenters. The molecule has 1 aromatic heterocycles. The number of thiophene rings is 1. The molecule has 1 aliphatic heterocycles. The second-order valence-electron chi connectivity index (χ2n) is 8.28. The van der Waals surface area contributed by atoms with Crippen molar-refractivity contribution in [1.82, 2.24) is 10.2 Å². The summed E-state index contributed by atoms with van der Waals surface area (Å²) in [5.41, 5.74) is 2.08. The van der Waals surface area contributed by atoms with Crippen LogP contribution in [0.2, 0.25) is 0 Å². The lowest BCUT2D eigenvalue weighted by molar-refractivity contribution is -0.126. The number of benzene rings is 1. The van der Waals surface area contributed by atoms with Crippen LogP contribution in [0.5, 0.6) is 0 Å². The molecule has 0 bridgehead atoms. The number of nitrogens with zero attached hydrogens (tertiary/aromatic N) is 1. The summed E-state index contributed by atoms with van der Waals surface area (Å²) >= 11 is 1.37. The summed E-state index contributed by atoms with van der Waals surface area (Å²) < 4.78 is 5.30. The summed E-state index contributed by atoms with van der Waals surface area (Å²) in [6.07, 6.45) is 3.73. The zero-order chi connectivity index (χ0) is 22.7. The van der Waals surface area contributed by atoms with Gasteiger partial charge in [-0.05, 0) is 51.6 Å². The monoisotopic (exact) mass is 455 g/mol. The second-order valence-corrected chi connectivity index (χ2v) is 9.51. The van der Waals surface area contributed by atoms with Gasteiger partial charge in [0.05, 0.1) is 19.2 Å². The Kier molecular flexibility index (Phi) is 6.91. The van der Waals surface area contributed by atoms with Crippen LogP contribution in [0, 0.1) is 6.92 Å². The number of esters is 1. The quantitative estimate of drug-likeness (QED) is 0.594. The SMILES string of the molecule is CCOC(=O)c1c(NC(=O)CN2CCC[C@H]2C(=O)NC2CC2)sc(C)c1-c1ccccc1. The van der Waals surface area contributed by atoms with Crippen LogP contribution in [0.15, 0.2) is 30.3 Å². The van der Waals surface area contributed by atoms with Crippen LogP contribution in [0.3, 0.4) is 0 Å². The molecule has 2 N–H and O–H groups in total. The maximum Gasteiger partial charge on any atom is 0.341 e. The van der Waals surface area contributed by atoms with E-state index in [4.69, 9.17) is 4.74 Å². The molecule has 0 spiro atoms. The fourth-order valence-electron chi connectivity index (χ4n) is 4.17. The zero-order valence-corrected chi connectivity index (χ0v) is 19.3. The lowest BCUT2D eigenvalue weighted by Crippen LogP contribution is -2.46. The van der Waals surface area contributed by atoms with Crippen molar-refractivity contribution >= 4 is 34.1 Å². The zero-order valence-electron chi connectivity index (χ0n) is 18.5. The highest BCUT2D eigenvalue weighted by atomic mass is 32.1. The van der Waals surface area contributed by atoms with Crippen molar-refractivity contribution in [1.29, 1.82) is 0 Å². The minimum atomic E-state index is -0.450. The minimum Gasteiger partial charge on any atom is -0.462 e. The molecule has 1 aromatic carbocycles. The number of ether oxygens (including phenoxy) is 1. The summed E-state index contributed by atoms with van der Waals surface area (Å²) in [5.74, 6) is -0.667. The Bertz CT molecular complexity index is 1000. The molecule has 1 saturated heterocycles. The molecule has 4 rings (SSSR count). The van der Waals surface area contributed by atoms with Crippen LogP contribution in [-0.2, 0) is 14.3 Å². The number of hydrogen-bond donors (Lipinski definition) is 2. The highest BCUT2D eigenvalue weighted by Gasteiger charge is 2.35. The standard InChI is InChI=1S/C24H29N3O4S/c1-3-31-24(30)21-20(16-8-5-4-6-9-16)15(2)32-23(21)26-19(28)14-27-13-7-10-18(27)22(29)25-17-11-12-17/h4-6,8-9,17-18H,3,7,10-14H2,1-2H3,(H,25,29)(H,26,28)/t18-/m0/s1. The Hall–Kier alpha value is -2.71. The van der Waals surface area contributed by atoms with E-state index in [1.165, 1.54) is 11.3 Å². The first-order valence-corrected chi connectivity index (χ1v) is 12.0. The Labute approximate surface area is 192 Å². The third-order valence-electron chi connectivity index (χ3n) is 5.82. The van der Waals surface area contributed by atoms with Crippen molar-refractivity contribution in [3.8, 4) is 11.1 Å². The fraction of sp³-hybridized carbons (Fsp3) is 0.458. The van der Waals surface area contributed by atoms with Crippen LogP contribution >= 0.6 is 11.3 Å². The van der Waals surface area contributed by atoms with E-state index in [0.29, 0.717) is 23.2 Å². The van der Waals surface area contributed by atoms with Crippen molar-refractivity contribution in [2.24, 2.45) is 0 Å². The topological polar surface area (TPSA) is 87.7 Å². The summed E-state index contributed by atoms with van der Waals surface area (Å²) in [7, 11) is 0. The van der Waals surface area contributed by atoms with Gasteiger partial charge >= 0.3 is 5.97 Å². The van der Waals surface area contributed by atoms with E-state index in [9.17, 15) is 14.4 Å². The van der Waals surface area contributed by atoms with Gasteiger partial charge in [0.25, 0.3) is 0 Å². The molecule has 8 heteroatoms. The van der Waals surface area contributed by atoms with E-state index < -0.39 is 5.97 Å². The molecule has 0 radical (unpaired) electrons. The van der Waals surface area contributed by atoms with Crippen molar-refractivity contribution in [3.63, 3.8) is 0 Å². The molecular weight excluding hydrogens is 426 g/mol. The largest absolute Gasteiger partial charge is 0.462 e. The Balaban J connectivity index is 1.52.